The zero-order valence-corrected chi connectivity index (χ0v) is 16.7. The molecule has 2 N–H and O–H groups in total. The number of β-lactam (4-membered cyclic amide) rings is 1. The second kappa shape index (κ2) is 7.79. The largest absolute Gasteiger partial charge is 1.00 e. The number of carboxylic acid groups (broad SMARTS) is 1. The van der Waals surface area contributed by atoms with Crippen LogP contribution in [0.25, 0.3) is 5.57 Å². The van der Waals surface area contributed by atoms with Gasteiger partial charge in [-0.25, -0.2) is 4.79 Å². The number of benzene rings is 1. The number of nitrogens with zero attached hydrogens (tertiary/aromatic N) is 1. The van der Waals surface area contributed by atoms with E-state index in [-0.39, 0.29) is 41.3 Å². The first-order valence-corrected chi connectivity index (χ1v) is 7.80. The molecule has 0 spiro atoms. The fourth-order valence-electron chi connectivity index (χ4n) is 3.40. The Morgan fingerprint density at radius 2 is 1.96 bits per heavy atom. The number of aliphatic hydroxyl groups is 1. The van der Waals surface area contributed by atoms with Crippen molar-refractivity contribution in [3.05, 3.63) is 35.5 Å². The molecular weight excluding hydrogens is 351 g/mol. The first kappa shape index (κ1) is 20.4. The fraction of sp³-hybridized carbons (Fsp3) is 0.353. The molecule has 0 radical (unpaired) electrons. The van der Waals surface area contributed by atoms with E-state index in [0.29, 0.717) is 23.3 Å². The minimum absolute atomic E-state index is 0. The molecule has 2 amide bonds. The van der Waals surface area contributed by atoms with Gasteiger partial charge in [-0.3, -0.25) is 4.79 Å². The monoisotopic (exact) mass is 368 g/mol. The number of aliphatic carboxylic acids is 1. The maximum Gasteiger partial charge on any atom is 1.00 e. The summed E-state index contributed by atoms with van der Waals surface area (Å²) < 4.78 is 4.98. The molecule has 1 aromatic rings. The number of amides is 2. The van der Waals surface area contributed by atoms with E-state index >= 15 is 0 Å². The van der Waals surface area contributed by atoms with E-state index in [4.69, 9.17) is 4.74 Å². The van der Waals surface area contributed by atoms with Crippen molar-refractivity contribution in [1.82, 2.24) is 10.2 Å². The number of carboxylic acids is 1. The third kappa shape index (κ3) is 3.37. The molecule has 132 valence electrons. The van der Waals surface area contributed by atoms with Gasteiger partial charge in [0.05, 0.1) is 29.7 Å². The summed E-state index contributed by atoms with van der Waals surface area (Å²) in [6, 6.07) is 5.92. The third-order valence-corrected chi connectivity index (χ3v) is 4.54. The summed E-state index contributed by atoms with van der Waals surface area (Å²) in [5, 5.41) is 23.6. The molecule has 1 fully saturated rings. The Labute approximate surface area is 172 Å². The molecule has 3 atom stereocenters. The smallest absolute Gasteiger partial charge is 0.543 e. The van der Waals surface area contributed by atoms with Gasteiger partial charge in [-0.1, -0.05) is 12.1 Å². The fourth-order valence-corrected chi connectivity index (χ4v) is 3.40. The van der Waals surface area contributed by atoms with E-state index in [1.54, 1.807) is 12.1 Å². The summed E-state index contributed by atoms with van der Waals surface area (Å²) in [7, 11) is 1.44. The summed E-state index contributed by atoms with van der Waals surface area (Å²) in [6.07, 6.45) is -1.14. The summed E-state index contributed by atoms with van der Waals surface area (Å²) in [5.74, 6) is -2.14. The molecule has 0 unspecified atom stereocenters. The molecule has 2 aliphatic rings. The molecule has 2 heterocycles. The van der Waals surface area contributed by atoms with Crippen LogP contribution < -0.4 is 44.7 Å². The van der Waals surface area contributed by atoms with Crippen molar-refractivity contribution in [3.8, 4) is 5.75 Å². The number of nitrogens with one attached hydrogen (secondary N) is 1. The molecule has 2 aliphatic heterocycles. The Morgan fingerprint density at radius 3 is 2.46 bits per heavy atom. The minimum atomic E-state index is -1.43. The van der Waals surface area contributed by atoms with Gasteiger partial charge >= 0.3 is 35.7 Å². The van der Waals surface area contributed by atoms with Crippen LogP contribution in [-0.2, 0) is 9.59 Å². The molecule has 3 rings (SSSR count). The van der Waals surface area contributed by atoms with Crippen molar-refractivity contribution >= 4 is 23.5 Å². The number of rotatable bonds is 4. The van der Waals surface area contributed by atoms with Crippen LogP contribution in [0.5, 0.6) is 5.75 Å². The maximum atomic E-state index is 12.2. The number of carbonyl (C=O) groups is 3. The molecular formula is C17H17N2NaO6. The van der Waals surface area contributed by atoms with Crippen LogP contribution in [0, 0.1) is 5.92 Å². The van der Waals surface area contributed by atoms with E-state index in [9.17, 15) is 24.6 Å². The normalized spacial score (nSPS) is 22.1. The second-order valence-corrected chi connectivity index (χ2v) is 6.02. The van der Waals surface area contributed by atoms with Gasteiger partial charge in [-0.2, -0.15) is 0 Å². The second-order valence-electron chi connectivity index (χ2n) is 6.02. The van der Waals surface area contributed by atoms with E-state index < -0.39 is 30.0 Å². The summed E-state index contributed by atoms with van der Waals surface area (Å²) in [4.78, 5) is 36.1. The molecule has 9 heteroatoms. The van der Waals surface area contributed by atoms with E-state index in [1.165, 1.54) is 31.0 Å². The standard InChI is InChI=1S/C17H18N2O6.Na/c1-8(20)13-12-7-11(14(16(22)23)19(12)15(13)21)9-3-5-10(6-4-9)25-17(24)18-2;/h3-6,8,12-13,20H,7H2,1-2H3,(H,18,24)(H,22,23);/q;+1/p-1/t8-,12-,13-;/m1./s1. The number of aliphatic hydroxyl groups excluding tert-OH is 1. The van der Waals surface area contributed by atoms with E-state index in [2.05, 4.69) is 5.32 Å². The Morgan fingerprint density at radius 1 is 1.35 bits per heavy atom. The quantitative estimate of drug-likeness (QED) is 0.420. The van der Waals surface area contributed by atoms with Crippen molar-refractivity contribution in [1.29, 1.82) is 0 Å². The Hall–Kier alpha value is -1.87. The number of carbonyl (C=O) groups excluding carboxylic acids is 3. The number of fused-ring (bicyclic) bond motifs is 1. The Balaban J connectivity index is 0.00000243. The van der Waals surface area contributed by atoms with Crippen LogP contribution in [0.3, 0.4) is 0 Å². The zero-order valence-electron chi connectivity index (χ0n) is 14.7. The van der Waals surface area contributed by atoms with Crippen molar-refractivity contribution in [2.75, 3.05) is 7.05 Å². The minimum Gasteiger partial charge on any atom is -0.543 e. The first-order valence-electron chi connectivity index (χ1n) is 7.80. The average Bonchev–Trinajstić information content (AvgIpc) is 2.90. The van der Waals surface area contributed by atoms with Gasteiger partial charge in [0.1, 0.15) is 5.75 Å². The SMILES string of the molecule is CNC(=O)Oc1ccc(C2=C(C(=O)[O-])N3C(=O)[C@H]([C@@H](C)O)[C@H]3C2)cc1.[Na+]. The van der Waals surface area contributed by atoms with Crippen LogP contribution in [0.15, 0.2) is 30.0 Å². The Bertz CT molecular complexity index is 774. The zero-order chi connectivity index (χ0) is 18.3. The van der Waals surface area contributed by atoms with Gasteiger partial charge < -0.3 is 30.0 Å². The van der Waals surface area contributed by atoms with Crippen molar-refractivity contribution < 1.29 is 58.9 Å². The molecule has 0 saturated carbocycles. The van der Waals surface area contributed by atoms with Crippen LogP contribution in [0.1, 0.15) is 18.9 Å². The molecule has 1 aromatic carbocycles. The van der Waals surface area contributed by atoms with Gasteiger partial charge in [-0.15, -0.1) is 0 Å². The van der Waals surface area contributed by atoms with Gasteiger partial charge in [0.25, 0.3) is 0 Å². The topological polar surface area (TPSA) is 119 Å². The van der Waals surface area contributed by atoms with Crippen molar-refractivity contribution in [2.24, 2.45) is 5.92 Å². The molecule has 0 bridgehead atoms. The molecule has 8 nitrogen and oxygen atoms in total. The average molecular weight is 368 g/mol. The maximum absolute atomic E-state index is 12.2. The van der Waals surface area contributed by atoms with E-state index in [1.807, 2.05) is 0 Å². The molecule has 0 aromatic heterocycles. The molecule has 1 saturated heterocycles. The summed E-state index contributed by atoms with van der Waals surface area (Å²) >= 11 is 0. The van der Waals surface area contributed by atoms with Gasteiger partial charge in [0.2, 0.25) is 5.91 Å². The van der Waals surface area contributed by atoms with Crippen LogP contribution in [-0.4, -0.2) is 47.2 Å². The summed E-state index contributed by atoms with van der Waals surface area (Å²) in [6.45, 7) is 1.52. The van der Waals surface area contributed by atoms with Crippen LogP contribution >= 0.6 is 0 Å². The number of hydrogen-bond donors (Lipinski definition) is 2. The van der Waals surface area contributed by atoms with Crippen molar-refractivity contribution in [2.45, 2.75) is 25.5 Å². The van der Waals surface area contributed by atoms with Crippen molar-refractivity contribution in [3.63, 3.8) is 0 Å². The number of hydrogen-bond acceptors (Lipinski definition) is 6. The predicted molar refractivity (Wildman–Crippen MR) is 83.9 cm³/mol. The third-order valence-electron chi connectivity index (χ3n) is 4.54. The molecule has 26 heavy (non-hydrogen) atoms. The first-order chi connectivity index (χ1) is 11.8. The Kier molecular flexibility index (Phi) is 6.13. The summed E-state index contributed by atoms with van der Waals surface area (Å²) in [5.41, 5.74) is 0.898. The van der Waals surface area contributed by atoms with Gasteiger partial charge in [0, 0.05) is 7.05 Å². The van der Waals surface area contributed by atoms with Crippen LogP contribution in [0.2, 0.25) is 0 Å². The predicted octanol–water partition coefficient (Wildman–Crippen LogP) is -3.52. The van der Waals surface area contributed by atoms with E-state index in [0.717, 1.165) is 0 Å². The van der Waals surface area contributed by atoms with Gasteiger partial charge in [0.15, 0.2) is 0 Å². The molecule has 0 aliphatic carbocycles. The van der Waals surface area contributed by atoms with Crippen LogP contribution in [0.4, 0.5) is 4.79 Å². The van der Waals surface area contributed by atoms with Gasteiger partial charge in [-0.05, 0) is 36.6 Å². The number of ether oxygens (including phenoxy) is 1.